The molecule has 0 atom stereocenters. The molecule has 1 amide bonds. The van der Waals surface area contributed by atoms with Gasteiger partial charge in [0.25, 0.3) is 5.91 Å². The molecule has 0 unspecified atom stereocenters. The van der Waals surface area contributed by atoms with E-state index >= 15 is 0 Å². The van der Waals surface area contributed by atoms with Gasteiger partial charge < -0.3 is 14.8 Å². The minimum atomic E-state index is -0.529. The molecule has 1 aromatic heterocycles. The fraction of sp³-hybridized carbons (Fsp3) is 0.143. The van der Waals surface area contributed by atoms with Gasteiger partial charge in [-0.2, -0.15) is 0 Å². The van der Waals surface area contributed by atoms with Crippen LogP contribution in [0.5, 0.6) is 5.75 Å². The van der Waals surface area contributed by atoms with Gasteiger partial charge in [0, 0.05) is 10.6 Å². The van der Waals surface area contributed by atoms with Crippen molar-refractivity contribution in [2.24, 2.45) is 0 Å². The maximum absolute atomic E-state index is 12.4. The highest BCUT2D eigenvalue weighted by atomic mass is 35.5. The van der Waals surface area contributed by atoms with E-state index < -0.39 is 5.91 Å². The van der Waals surface area contributed by atoms with Gasteiger partial charge in [-0.3, -0.25) is 10.1 Å². The standard InChI is InChI=1S/C21H18Cl2N2O3S/c1-11(2)12-3-6-17(26)16(9-12)24-21(29)25-20(27)19-8-7-18(28-19)14-5-4-13(22)10-15(14)23/h3-11,26H,1-2H3,(H2,24,25,27,29). The lowest BCUT2D eigenvalue weighted by Gasteiger charge is -2.13. The Bertz CT molecular complexity index is 1080. The molecule has 3 N–H and O–H groups in total. The molecule has 0 spiro atoms. The van der Waals surface area contributed by atoms with Crippen LogP contribution in [0.3, 0.4) is 0 Å². The first-order valence-corrected chi connectivity index (χ1v) is 9.91. The van der Waals surface area contributed by atoms with E-state index in [0.29, 0.717) is 27.1 Å². The van der Waals surface area contributed by atoms with Crippen molar-refractivity contribution in [1.29, 1.82) is 0 Å². The average Bonchev–Trinajstić information content (AvgIpc) is 3.13. The fourth-order valence-electron chi connectivity index (χ4n) is 2.63. The van der Waals surface area contributed by atoms with Gasteiger partial charge in [-0.25, -0.2) is 0 Å². The van der Waals surface area contributed by atoms with Gasteiger partial charge in [-0.05, 0) is 66.2 Å². The summed E-state index contributed by atoms with van der Waals surface area (Å²) in [5, 5.41) is 16.3. The molecule has 8 heteroatoms. The van der Waals surface area contributed by atoms with E-state index in [9.17, 15) is 9.90 Å². The number of benzene rings is 2. The van der Waals surface area contributed by atoms with Gasteiger partial charge in [-0.1, -0.05) is 43.1 Å². The van der Waals surface area contributed by atoms with Gasteiger partial charge in [0.05, 0.1) is 10.7 Å². The van der Waals surface area contributed by atoms with Crippen molar-refractivity contribution in [3.63, 3.8) is 0 Å². The molecule has 0 radical (unpaired) electrons. The van der Waals surface area contributed by atoms with Crippen molar-refractivity contribution in [2.45, 2.75) is 19.8 Å². The number of furan rings is 1. The molecular weight excluding hydrogens is 431 g/mol. The monoisotopic (exact) mass is 448 g/mol. The van der Waals surface area contributed by atoms with Crippen LogP contribution < -0.4 is 10.6 Å². The molecule has 3 rings (SSSR count). The number of rotatable bonds is 4. The van der Waals surface area contributed by atoms with E-state index in [2.05, 4.69) is 10.6 Å². The van der Waals surface area contributed by atoms with Crippen LogP contribution in [0.4, 0.5) is 5.69 Å². The molecule has 1 heterocycles. The molecule has 0 saturated carbocycles. The summed E-state index contributed by atoms with van der Waals surface area (Å²) in [6, 6.07) is 13.3. The predicted molar refractivity (Wildman–Crippen MR) is 120 cm³/mol. The fourth-order valence-corrected chi connectivity index (χ4v) is 3.33. The van der Waals surface area contributed by atoms with Crippen molar-refractivity contribution in [3.8, 4) is 17.1 Å². The first-order valence-electron chi connectivity index (χ1n) is 8.75. The van der Waals surface area contributed by atoms with E-state index in [1.54, 1.807) is 36.4 Å². The zero-order valence-electron chi connectivity index (χ0n) is 15.6. The highest BCUT2D eigenvalue weighted by Crippen LogP contribution is 2.31. The lowest BCUT2D eigenvalue weighted by Crippen LogP contribution is -2.33. The highest BCUT2D eigenvalue weighted by molar-refractivity contribution is 7.80. The largest absolute Gasteiger partial charge is 0.506 e. The maximum atomic E-state index is 12.4. The number of hydrogen-bond acceptors (Lipinski definition) is 4. The number of phenolic OH excluding ortho intramolecular Hbond substituents is 1. The number of amides is 1. The molecule has 0 aliphatic rings. The molecule has 0 aliphatic heterocycles. The summed E-state index contributed by atoms with van der Waals surface area (Å²) in [7, 11) is 0. The van der Waals surface area contributed by atoms with E-state index in [0.717, 1.165) is 5.56 Å². The zero-order chi connectivity index (χ0) is 21.1. The molecule has 150 valence electrons. The van der Waals surface area contributed by atoms with Crippen LogP contribution in [0, 0.1) is 0 Å². The minimum absolute atomic E-state index is 0.0312. The molecular formula is C21H18Cl2N2O3S. The van der Waals surface area contributed by atoms with Crippen LogP contribution in [0.15, 0.2) is 52.9 Å². The molecule has 3 aromatic rings. The number of anilines is 1. The van der Waals surface area contributed by atoms with E-state index in [-0.39, 0.29) is 22.5 Å². The van der Waals surface area contributed by atoms with Crippen molar-refractivity contribution >= 4 is 52.1 Å². The van der Waals surface area contributed by atoms with Gasteiger partial charge >= 0.3 is 0 Å². The van der Waals surface area contributed by atoms with E-state index in [1.165, 1.54) is 6.07 Å². The topological polar surface area (TPSA) is 74.5 Å². The molecule has 0 aliphatic carbocycles. The van der Waals surface area contributed by atoms with Gasteiger partial charge in [0.1, 0.15) is 11.5 Å². The molecule has 29 heavy (non-hydrogen) atoms. The Morgan fingerprint density at radius 2 is 1.86 bits per heavy atom. The second-order valence-corrected chi connectivity index (χ2v) is 7.88. The van der Waals surface area contributed by atoms with Crippen LogP contribution in [0.2, 0.25) is 10.0 Å². The van der Waals surface area contributed by atoms with E-state index in [4.69, 9.17) is 39.8 Å². The van der Waals surface area contributed by atoms with Crippen molar-refractivity contribution in [3.05, 3.63) is 69.9 Å². The number of nitrogens with one attached hydrogen (secondary N) is 2. The Morgan fingerprint density at radius 3 is 2.55 bits per heavy atom. The second kappa shape index (κ2) is 8.86. The Morgan fingerprint density at radius 1 is 1.10 bits per heavy atom. The zero-order valence-corrected chi connectivity index (χ0v) is 18.0. The Kier molecular flexibility index (Phi) is 6.47. The summed E-state index contributed by atoms with van der Waals surface area (Å²) in [4.78, 5) is 12.4. The number of carbonyl (C=O) groups is 1. The second-order valence-electron chi connectivity index (χ2n) is 6.63. The molecule has 0 fully saturated rings. The lowest BCUT2D eigenvalue weighted by atomic mass is 10.0. The van der Waals surface area contributed by atoms with Crippen molar-refractivity contribution in [1.82, 2.24) is 5.32 Å². The normalized spacial score (nSPS) is 10.8. The van der Waals surface area contributed by atoms with Gasteiger partial charge in [0.15, 0.2) is 10.9 Å². The van der Waals surface area contributed by atoms with Crippen LogP contribution in [0.25, 0.3) is 11.3 Å². The summed E-state index contributed by atoms with van der Waals surface area (Å²) in [6.45, 7) is 4.08. The number of halogens is 2. The minimum Gasteiger partial charge on any atom is -0.506 e. The Balaban J connectivity index is 1.70. The number of hydrogen-bond donors (Lipinski definition) is 3. The first kappa shape index (κ1) is 21.2. The highest BCUT2D eigenvalue weighted by Gasteiger charge is 2.16. The van der Waals surface area contributed by atoms with Crippen LogP contribution in [-0.4, -0.2) is 16.1 Å². The Labute approximate surface area is 183 Å². The third-order valence-corrected chi connectivity index (χ3v) is 4.94. The molecule has 2 aromatic carbocycles. The summed E-state index contributed by atoms with van der Waals surface area (Å²) in [5.74, 6) is 0.274. The molecule has 0 saturated heterocycles. The van der Waals surface area contributed by atoms with Crippen LogP contribution in [-0.2, 0) is 0 Å². The number of phenols is 1. The summed E-state index contributed by atoms with van der Waals surface area (Å²) in [6.07, 6.45) is 0. The number of carbonyl (C=O) groups excluding carboxylic acids is 1. The summed E-state index contributed by atoms with van der Waals surface area (Å²) >= 11 is 17.3. The Hall–Kier alpha value is -2.54. The van der Waals surface area contributed by atoms with Gasteiger partial charge in [-0.15, -0.1) is 0 Å². The van der Waals surface area contributed by atoms with Crippen LogP contribution >= 0.6 is 35.4 Å². The summed E-state index contributed by atoms with van der Waals surface area (Å²) < 4.78 is 5.60. The SMILES string of the molecule is CC(C)c1ccc(O)c(NC(=S)NC(=O)c2ccc(-c3ccc(Cl)cc3Cl)o2)c1. The lowest BCUT2D eigenvalue weighted by molar-refractivity contribution is 0.0951. The van der Waals surface area contributed by atoms with Crippen molar-refractivity contribution in [2.75, 3.05) is 5.32 Å². The number of thiocarbonyl (C=S) groups is 1. The molecule has 0 bridgehead atoms. The summed E-state index contributed by atoms with van der Waals surface area (Å²) in [5.41, 5.74) is 2.05. The quantitative estimate of drug-likeness (QED) is 0.326. The third-order valence-electron chi connectivity index (χ3n) is 4.19. The average molecular weight is 449 g/mol. The van der Waals surface area contributed by atoms with E-state index in [1.807, 2.05) is 19.9 Å². The van der Waals surface area contributed by atoms with Crippen LogP contribution in [0.1, 0.15) is 35.9 Å². The third kappa shape index (κ3) is 5.09. The van der Waals surface area contributed by atoms with Crippen molar-refractivity contribution < 1.29 is 14.3 Å². The smallest absolute Gasteiger partial charge is 0.293 e. The first-order chi connectivity index (χ1) is 13.7. The van der Waals surface area contributed by atoms with Gasteiger partial charge in [0.2, 0.25) is 0 Å². The predicted octanol–water partition coefficient (Wildman–Crippen LogP) is 6.21. The molecule has 5 nitrogen and oxygen atoms in total. The number of aromatic hydroxyl groups is 1. The maximum Gasteiger partial charge on any atom is 0.293 e.